The average molecular weight is 951 g/mol. The third-order valence-electron chi connectivity index (χ3n) is 12.1. The lowest BCUT2D eigenvalue weighted by molar-refractivity contribution is -0.137. The fraction of sp³-hybridized carbons (Fsp3) is 0.412. The van der Waals surface area contributed by atoms with Gasteiger partial charge in [-0.05, 0) is 85.4 Å². The maximum absolute atomic E-state index is 15.0. The van der Waals surface area contributed by atoms with Gasteiger partial charge in [0.15, 0.2) is 0 Å². The number of benzene rings is 3. The number of halogens is 2. The van der Waals surface area contributed by atoms with Gasteiger partial charge >= 0.3 is 6.09 Å². The molecule has 69 heavy (non-hydrogen) atoms. The van der Waals surface area contributed by atoms with Crippen molar-refractivity contribution in [3.05, 3.63) is 120 Å². The number of rotatable bonds is 25. The summed E-state index contributed by atoms with van der Waals surface area (Å²) in [6.45, 7) is 8.02. The summed E-state index contributed by atoms with van der Waals surface area (Å²) in [5.41, 5.74) is 1.73. The number of aromatic nitrogens is 2. The van der Waals surface area contributed by atoms with Crippen molar-refractivity contribution in [2.75, 3.05) is 25.0 Å². The number of imide groups is 1. The number of nitrogens with zero attached hydrogens (tertiary/aromatic N) is 4. The highest BCUT2D eigenvalue weighted by molar-refractivity contribution is 6.12. The molecule has 1 aromatic heterocycles. The Bertz CT molecular complexity index is 2490. The number of anilines is 1. The van der Waals surface area contributed by atoms with Crippen molar-refractivity contribution >= 4 is 47.7 Å². The predicted molar refractivity (Wildman–Crippen MR) is 253 cm³/mol. The summed E-state index contributed by atoms with van der Waals surface area (Å²) in [4.78, 5) is 95.1. The number of hydrogen-bond donors (Lipinski definition) is 4. The molecular weight excluding hydrogens is 891 g/mol. The number of unbranched alkanes of at least 4 members (excludes halogenated alkanes) is 2. The van der Waals surface area contributed by atoms with Crippen LogP contribution in [0.2, 0.25) is 0 Å². The standard InChI is InChI=1S/C51H60F2N8O8/c1-33(2)46(57-42(63)13-9-6-10-25-61-44(65)20-21-45(61)66)49(67)54-28-43(64)55-38-17-14-36(15-18-38)31-69-50(68)58-51(22-23-51)24-26-59(32-62)47(34(3)4)48-56-41(39-27-37(52)16-19-40(39)53)30-60(48)29-35-11-7-5-8-12-35/h5,7-8,11-12,14-21,27,30,32-34,46-47H,6,9-10,13,22-26,28-29,31H2,1-4H3,(H,54,67)(H,55,64)(H,57,63)(H,58,68). The van der Waals surface area contributed by atoms with Crippen molar-refractivity contribution in [3.8, 4) is 11.3 Å². The largest absolute Gasteiger partial charge is 0.445 e. The van der Waals surface area contributed by atoms with Crippen LogP contribution in [0.15, 0.2) is 91.1 Å². The van der Waals surface area contributed by atoms with Crippen molar-refractivity contribution < 1.29 is 47.1 Å². The minimum absolute atomic E-state index is 0.0135. The molecule has 4 N–H and O–H groups in total. The molecule has 7 amide bonds. The summed E-state index contributed by atoms with van der Waals surface area (Å²) in [6.07, 6.45) is 7.90. The monoisotopic (exact) mass is 950 g/mol. The molecule has 0 bridgehead atoms. The van der Waals surface area contributed by atoms with Gasteiger partial charge in [-0.3, -0.25) is 33.7 Å². The van der Waals surface area contributed by atoms with E-state index in [1.54, 1.807) is 49.2 Å². The number of carbonyl (C=O) groups excluding carboxylic acids is 7. The SMILES string of the molecule is CC(C)C(NC(=O)CCCCCN1C(=O)C=CC1=O)C(=O)NCC(=O)Nc1ccc(COC(=O)NC2(CCN(C=O)C(c3nc(-c4cc(F)ccc4F)cn3Cc3ccccc3)C(C)C)CC2)cc1. The zero-order chi connectivity index (χ0) is 49.7. The van der Waals surface area contributed by atoms with Gasteiger partial charge in [0.25, 0.3) is 11.8 Å². The molecule has 0 radical (unpaired) electrons. The minimum atomic E-state index is -0.865. The molecule has 2 atom stereocenters. The van der Waals surface area contributed by atoms with Crippen molar-refractivity contribution in [3.63, 3.8) is 0 Å². The quantitative estimate of drug-likeness (QED) is 0.0323. The second-order valence-electron chi connectivity index (χ2n) is 18.2. The summed E-state index contributed by atoms with van der Waals surface area (Å²) in [5.74, 6) is -3.10. The molecule has 3 aromatic carbocycles. The first-order chi connectivity index (χ1) is 33.0. The first kappa shape index (κ1) is 51.2. The molecule has 1 fully saturated rings. The van der Waals surface area contributed by atoms with Gasteiger partial charge in [0.2, 0.25) is 24.1 Å². The molecule has 4 aromatic rings. The van der Waals surface area contributed by atoms with E-state index in [1.165, 1.54) is 12.2 Å². The fourth-order valence-electron chi connectivity index (χ4n) is 8.15. The molecule has 18 heteroatoms. The molecule has 16 nitrogen and oxygen atoms in total. The highest BCUT2D eigenvalue weighted by Gasteiger charge is 2.45. The van der Waals surface area contributed by atoms with Gasteiger partial charge in [-0.1, -0.05) is 76.6 Å². The van der Waals surface area contributed by atoms with E-state index in [4.69, 9.17) is 9.72 Å². The lowest BCUT2D eigenvalue weighted by Gasteiger charge is -2.32. The zero-order valence-corrected chi connectivity index (χ0v) is 39.3. The molecule has 0 spiro atoms. The van der Waals surface area contributed by atoms with E-state index in [0.29, 0.717) is 62.1 Å². The van der Waals surface area contributed by atoms with Crippen LogP contribution >= 0.6 is 0 Å². The van der Waals surface area contributed by atoms with Gasteiger partial charge in [-0.2, -0.15) is 0 Å². The van der Waals surface area contributed by atoms with E-state index in [1.807, 2.05) is 48.7 Å². The van der Waals surface area contributed by atoms with Crippen LogP contribution < -0.4 is 21.3 Å². The molecule has 2 heterocycles. The third kappa shape index (κ3) is 14.4. The molecule has 1 saturated carbocycles. The number of imidazole rings is 1. The van der Waals surface area contributed by atoms with Crippen LogP contribution in [0.3, 0.4) is 0 Å². The van der Waals surface area contributed by atoms with Crippen LogP contribution in [0.1, 0.15) is 95.6 Å². The Morgan fingerprint density at radius 3 is 2.23 bits per heavy atom. The van der Waals surface area contributed by atoms with E-state index in [9.17, 15) is 42.3 Å². The van der Waals surface area contributed by atoms with Crippen LogP contribution in [0.4, 0.5) is 19.3 Å². The van der Waals surface area contributed by atoms with Crippen molar-refractivity contribution in [1.29, 1.82) is 0 Å². The van der Waals surface area contributed by atoms with E-state index in [-0.39, 0.29) is 73.5 Å². The molecule has 366 valence electrons. The first-order valence-electron chi connectivity index (χ1n) is 23.3. The normalized spacial score (nSPS) is 14.6. The predicted octanol–water partition coefficient (Wildman–Crippen LogP) is 6.56. The maximum atomic E-state index is 15.0. The van der Waals surface area contributed by atoms with E-state index < -0.39 is 47.2 Å². The van der Waals surface area contributed by atoms with Crippen molar-refractivity contribution in [2.24, 2.45) is 11.8 Å². The molecule has 2 unspecified atom stereocenters. The number of ether oxygens (including phenoxy) is 1. The number of carbonyl (C=O) groups is 7. The Balaban J connectivity index is 0.944. The number of nitrogens with one attached hydrogen (secondary N) is 4. The summed E-state index contributed by atoms with van der Waals surface area (Å²) >= 11 is 0. The zero-order valence-electron chi connectivity index (χ0n) is 39.3. The topological polar surface area (TPSA) is 201 Å². The number of amides is 7. The Kier molecular flexibility index (Phi) is 17.5. The number of alkyl carbamates (subject to hydrolysis) is 1. The first-order valence-corrected chi connectivity index (χ1v) is 23.3. The Morgan fingerprint density at radius 1 is 0.870 bits per heavy atom. The Hall–Kier alpha value is -7.24. The lowest BCUT2D eigenvalue weighted by Crippen LogP contribution is -2.51. The second-order valence-corrected chi connectivity index (χ2v) is 18.2. The molecule has 6 rings (SSSR count). The van der Waals surface area contributed by atoms with Crippen molar-refractivity contribution in [1.82, 2.24) is 35.3 Å². The van der Waals surface area contributed by atoms with Gasteiger partial charge in [0, 0.05) is 61.2 Å². The molecule has 2 aliphatic rings. The highest BCUT2D eigenvalue weighted by Crippen LogP contribution is 2.40. The van der Waals surface area contributed by atoms with E-state index in [0.717, 1.165) is 35.1 Å². The molecular formula is C51H60F2N8O8. The molecule has 1 aliphatic carbocycles. The fourth-order valence-corrected chi connectivity index (χ4v) is 8.15. The van der Waals surface area contributed by atoms with Crippen molar-refractivity contribution in [2.45, 2.75) is 103 Å². The van der Waals surface area contributed by atoms with Gasteiger partial charge in [-0.15, -0.1) is 0 Å². The highest BCUT2D eigenvalue weighted by atomic mass is 19.1. The van der Waals surface area contributed by atoms with E-state index >= 15 is 0 Å². The van der Waals surface area contributed by atoms with Gasteiger partial charge in [-0.25, -0.2) is 18.6 Å². The van der Waals surface area contributed by atoms with E-state index in [2.05, 4.69) is 21.3 Å². The number of hydrogen-bond acceptors (Lipinski definition) is 9. The summed E-state index contributed by atoms with van der Waals surface area (Å²) in [6, 6.07) is 18.1. The van der Waals surface area contributed by atoms with Gasteiger partial charge < -0.3 is 35.5 Å². The summed E-state index contributed by atoms with van der Waals surface area (Å²) in [7, 11) is 0. The Labute approximate surface area is 400 Å². The second kappa shape index (κ2) is 23.7. The summed E-state index contributed by atoms with van der Waals surface area (Å²) < 4.78 is 36.7. The average Bonchev–Trinajstić information content (AvgIpc) is 3.85. The lowest BCUT2D eigenvalue weighted by atomic mass is 10.0. The van der Waals surface area contributed by atoms with Crippen LogP contribution in [-0.4, -0.2) is 92.6 Å². The Morgan fingerprint density at radius 2 is 1.58 bits per heavy atom. The maximum Gasteiger partial charge on any atom is 0.407 e. The smallest absolute Gasteiger partial charge is 0.407 e. The van der Waals surface area contributed by atoms with Crippen LogP contribution in [0, 0.1) is 23.5 Å². The van der Waals surface area contributed by atoms with Crippen LogP contribution in [0.25, 0.3) is 11.3 Å². The minimum Gasteiger partial charge on any atom is -0.445 e. The molecule has 1 aliphatic heterocycles. The molecule has 0 saturated heterocycles. The van der Waals surface area contributed by atoms with Gasteiger partial charge in [0.1, 0.15) is 30.1 Å². The van der Waals surface area contributed by atoms with Crippen LogP contribution in [0.5, 0.6) is 0 Å². The van der Waals surface area contributed by atoms with Gasteiger partial charge in [0.05, 0.1) is 18.3 Å². The third-order valence-corrected chi connectivity index (χ3v) is 12.1. The van der Waals surface area contributed by atoms with Crippen LogP contribution in [-0.2, 0) is 46.7 Å². The summed E-state index contributed by atoms with van der Waals surface area (Å²) in [5, 5.41) is 11.0.